The Morgan fingerprint density at radius 3 is 1.71 bits per heavy atom. The molecule has 1 atom stereocenters. The summed E-state index contributed by atoms with van der Waals surface area (Å²) in [5, 5.41) is 2.61. The van der Waals surface area contributed by atoms with Crippen molar-refractivity contribution in [1.29, 1.82) is 0 Å². The summed E-state index contributed by atoms with van der Waals surface area (Å²) >= 11 is 1.88. The van der Waals surface area contributed by atoms with Crippen LogP contribution in [0.4, 0.5) is 0 Å². The van der Waals surface area contributed by atoms with Crippen molar-refractivity contribution < 1.29 is 0 Å². The van der Waals surface area contributed by atoms with E-state index in [4.69, 9.17) is 15.0 Å². The predicted octanol–water partition coefficient (Wildman–Crippen LogP) is 12.1. The van der Waals surface area contributed by atoms with Crippen LogP contribution in [0, 0.1) is 0 Å². The molecule has 0 bridgehead atoms. The molecule has 2 aromatic heterocycles. The first-order valence-electron chi connectivity index (χ1n) is 17.6. The van der Waals surface area contributed by atoms with Crippen molar-refractivity contribution in [2.75, 3.05) is 0 Å². The van der Waals surface area contributed by atoms with Gasteiger partial charge in [0.1, 0.15) is 0 Å². The van der Waals surface area contributed by atoms with Crippen LogP contribution >= 0.6 is 11.3 Å². The lowest BCUT2D eigenvalue weighted by Gasteiger charge is -2.35. The molecule has 0 N–H and O–H groups in total. The summed E-state index contributed by atoms with van der Waals surface area (Å²) < 4.78 is 2.63. The lowest BCUT2D eigenvalue weighted by molar-refractivity contribution is 0.767. The minimum Gasteiger partial charge on any atom is -0.208 e. The fraction of sp³-hybridized carbons (Fsp3) is 0.0208. The maximum Gasteiger partial charge on any atom is 0.164 e. The van der Waals surface area contributed by atoms with Crippen molar-refractivity contribution in [3.8, 4) is 45.3 Å². The standard InChI is InChI=1S/C48H29N3S/c1-3-14-32(15-4-1)45-49-46(33-16-5-2-6-17-33)51-47(50-45)34-26-25-31-24-23-30-13-7-10-20-39(30)48(41(31)27-34)40-21-11-8-18-35(40)37-29-44-38(28-42(37)48)36-19-9-12-22-43(36)52-44/h1-29H. The number of nitrogens with zero attached hydrogens (tertiary/aromatic N) is 3. The summed E-state index contributed by atoms with van der Waals surface area (Å²) in [4.78, 5) is 15.3. The second kappa shape index (κ2) is 11.3. The topological polar surface area (TPSA) is 38.7 Å². The molecule has 0 amide bonds. The second-order valence-electron chi connectivity index (χ2n) is 13.5. The van der Waals surface area contributed by atoms with E-state index in [2.05, 4.69) is 140 Å². The largest absolute Gasteiger partial charge is 0.208 e. The van der Waals surface area contributed by atoms with Crippen LogP contribution in [-0.4, -0.2) is 15.0 Å². The van der Waals surface area contributed by atoms with Crippen molar-refractivity contribution in [3.63, 3.8) is 0 Å². The van der Waals surface area contributed by atoms with E-state index in [1.807, 2.05) is 47.7 Å². The molecule has 242 valence electrons. The third-order valence-electron chi connectivity index (χ3n) is 10.8. The van der Waals surface area contributed by atoms with Crippen LogP contribution in [0.15, 0.2) is 164 Å². The monoisotopic (exact) mass is 679 g/mol. The number of benzene rings is 7. The van der Waals surface area contributed by atoms with E-state index in [1.54, 1.807) is 0 Å². The first-order valence-corrected chi connectivity index (χ1v) is 18.4. The van der Waals surface area contributed by atoms with Gasteiger partial charge in [0, 0.05) is 36.9 Å². The van der Waals surface area contributed by atoms with Crippen molar-refractivity contribution in [3.05, 3.63) is 197 Å². The molecule has 4 heteroatoms. The first kappa shape index (κ1) is 29.3. The number of rotatable bonds is 3. The van der Waals surface area contributed by atoms with Gasteiger partial charge in [0.15, 0.2) is 17.5 Å². The maximum atomic E-state index is 5.15. The minimum atomic E-state index is -0.577. The molecule has 1 spiro atoms. The quantitative estimate of drug-likeness (QED) is 0.187. The molecule has 0 saturated heterocycles. The van der Waals surface area contributed by atoms with Gasteiger partial charge < -0.3 is 0 Å². The Kier molecular flexibility index (Phi) is 6.34. The third kappa shape index (κ3) is 4.22. The molecule has 0 saturated carbocycles. The maximum absolute atomic E-state index is 5.15. The van der Waals surface area contributed by atoms with Crippen molar-refractivity contribution in [1.82, 2.24) is 15.0 Å². The Hall–Kier alpha value is -6.49. The number of thiophene rings is 1. The molecule has 3 nitrogen and oxygen atoms in total. The molecule has 11 rings (SSSR count). The SMILES string of the molecule is C1=Cc2ccc(-c3nc(-c4ccccc4)nc(-c4ccccc4)n3)cc2C2(c3ccccc31)c1ccccc1-c1cc3sc4ccccc4c3cc12. The summed E-state index contributed by atoms with van der Waals surface area (Å²) in [7, 11) is 0. The summed E-state index contributed by atoms with van der Waals surface area (Å²) in [5.41, 5.74) is 12.4. The zero-order valence-corrected chi connectivity index (χ0v) is 28.8. The van der Waals surface area contributed by atoms with Crippen LogP contribution in [0.3, 0.4) is 0 Å². The van der Waals surface area contributed by atoms with Gasteiger partial charge in [0.2, 0.25) is 0 Å². The molecular formula is C48H29N3S. The van der Waals surface area contributed by atoms with E-state index in [1.165, 1.54) is 64.7 Å². The van der Waals surface area contributed by atoms with Crippen molar-refractivity contribution in [2.24, 2.45) is 0 Å². The van der Waals surface area contributed by atoms with Crippen LogP contribution < -0.4 is 0 Å². The molecule has 0 fully saturated rings. The molecular weight excluding hydrogens is 651 g/mol. The first-order chi connectivity index (χ1) is 25.8. The Morgan fingerprint density at radius 1 is 0.365 bits per heavy atom. The smallest absolute Gasteiger partial charge is 0.164 e. The molecule has 2 aliphatic rings. The highest BCUT2D eigenvalue weighted by atomic mass is 32.1. The predicted molar refractivity (Wildman–Crippen MR) is 215 cm³/mol. The zero-order chi connectivity index (χ0) is 34.2. The fourth-order valence-corrected chi connectivity index (χ4v) is 9.61. The molecule has 7 aromatic carbocycles. The van der Waals surface area contributed by atoms with Crippen LogP contribution in [-0.2, 0) is 5.41 Å². The van der Waals surface area contributed by atoms with Gasteiger partial charge >= 0.3 is 0 Å². The number of fused-ring (bicyclic) bond motifs is 12. The van der Waals surface area contributed by atoms with E-state index in [9.17, 15) is 0 Å². The Bertz CT molecular complexity index is 2850. The molecule has 1 unspecified atom stereocenters. The average Bonchev–Trinajstić information content (AvgIpc) is 3.67. The lowest BCUT2D eigenvalue weighted by atomic mass is 9.65. The highest BCUT2D eigenvalue weighted by molar-refractivity contribution is 7.25. The summed E-state index contributed by atoms with van der Waals surface area (Å²) in [5.74, 6) is 1.96. The summed E-state index contributed by atoms with van der Waals surface area (Å²) in [6.07, 6.45) is 4.57. The van der Waals surface area contributed by atoms with Gasteiger partial charge in [-0.05, 0) is 68.8 Å². The van der Waals surface area contributed by atoms with E-state index in [-0.39, 0.29) is 0 Å². The Morgan fingerprint density at radius 2 is 0.962 bits per heavy atom. The average molecular weight is 680 g/mol. The summed E-state index contributed by atoms with van der Waals surface area (Å²) in [6, 6.07) is 58.8. The fourth-order valence-electron chi connectivity index (χ4n) is 8.49. The zero-order valence-electron chi connectivity index (χ0n) is 28.0. The van der Waals surface area contributed by atoms with Gasteiger partial charge in [-0.15, -0.1) is 11.3 Å². The van der Waals surface area contributed by atoms with Crippen molar-refractivity contribution >= 4 is 43.7 Å². The molecule has 0 radical (unpaired) electrons. The molecule has 52 heavy (non-hydrogen) atoms. The van der Waals surface area contributed by atoms with Gasteiger partial charge in [-0.25, -0.2) is 15.0 Å². The van der Waals surface area contributed by atoms with E-state index in [0.29, 0.717) is 17.5 Å². The Labute approximate surface area is 305 Å². The van der Waals surface area contributed by atoms with E-state index >= 15 is 0 Å². The highest BCUT2D eigenvalue weighted by Gasteiger charge is 2.49. The normalized spacial score (nSPS) is 15.3. The molecule has 2 aliphatic carbocycles. The number of aromatic nitrogens is 3. The number of hydrogen-bond donors (Lipinski definition) is 0. The molecule has 0 aliphatic heterocycles. The van der Waals surface area contributed by atoms with Crippen molar-refractivity contribution in [2.45, 2.75) is 5.41 Å². The summed E-state index contributed by atoms with van der Waals surface area (Å²) in [6.45, 7) is 0. The van der Waals surface area contributed by atoms with Gasteiger partial charge in [0.25, 0.3) is 0 Å². The van der Waals surface area contributed by atoms with Crippen LogP contribution in [0.5, 0.6) is 0 Å². The van der Waals surface area contributed by atoms with Crippen LogP contribution in [0.1, 0.15) is 33.4 Å². The van der Waals surface area contributed by atoms with E-state index in [0.717, 1.165) is 16.7 Å². The third-order valence-corrected chi connectivity index (χ3v) is 11.9. The van der Waals surface area contributed by atoms with Crippen LogP contribution in [0.2, 0.25) is 0 Å². The highest BCUT2D eigenvalue weighted by Crippen LogP contribution is 2.60. The van der Waals surface area contributed by atoms with Crippen LogP contribution in [0.25, 0.3) is 77.6 Å². The van der Waals surface area contributed by atoms with Gasteiger partial charge in [-0.1, -0.05) is 152 Å². The minimum absolute atomic E-state index is 0.577. The molecule has 2 heterocycles. The van der Waals surface area contributed by atoms with Gasteiger partial charge in [-0.2, -0.15) is 0 Å². The van der Waals surface area contributed by atoms with Gasteiger partial charge in [0.05, 0.1) is 5.41 Å². The molecule has 9 aromatic rings. The van der Waals surface area contributed by atoms with E-state index < -0.39 is 5.41 Å². The Balaban J connectivity index is 1.23. The lowest BCUT2D eigenvalue weighted by Crippen LogP contribution is -2.30. The second-order valence-corrected chi connectivity index (χ2v) is 14.6. The number of hydrogen-bond acceptors (Lipinski definition) is 4. The van der Waals surface area contributed by atoms with Gasteiger partial charge in [-0.3, -0.25) is 0 Å².